The van der Waals surface area contributed by atoms with E-state index in [9.17, 15) is 4.79 Å². The molecule has 174 valence electrons. The molecular formula is C25H25N5O3S. The van der Waals surface area contributed by atoms with Crippen LogP contribution in [-0.2, 0) is 28.9 Å². The highest BCUT2D eigenvalue weighted by Gasteiger charge is 2.51. The maximum atomic E-state index is 13.1. The fourth-order valence-corrected chi connectivity index (χ4v) is 6.92. The van der Waals surface area contributed by atoms with Crippen LogP contribution in [0.4, 0.5) is 11.5 Å². The van der Waals surface area contributed by atoms with Crippen LogP contribution in [0.3, 0.4) is 0 Å². The second kappa shape index (κ2) is 7.48. The van der Waals surface area contributed by atoms with Crippen LogP contribution in [0.25, 0.3) is 10.2 Å². The predicted molar refractivity (Wildman–Crippen MR) is 130 cm³/mol. The lowest BCUT2D eigenvalue weighted by Gasteiger charge is -2.55. The number of fused-ring (bicyclic) bond motifs is 4. The molecule has 2 aromatic heterocycles. The van der Waals surface area contributed by atoms with Crippen LogP contribution in [0.2, 0.25) is 0 Å². The molecule has 7 rings (SSSR count). The van der Waals surface area contributed by atoms with Gasteiger partial charge in [-0.05, 0) is 48.1 Å². The number of nitrogens with one attached hydrogen (secondary N) is 1. The number of anilines is 2. The second-order valence-electron chi connectivity index (χ2n) is 9.67. The number of hydrogen-bond acceptors (Lipinski definition) is 8. The largest absolute Gasteiger partial charge is 0.495 e. The molecule has 5 heterocycles. The Balaban J connectivity index is 1.17. The number of likely N-dealkylation sites (tertiary alicyclic amines) is 1. The van der Waals surface area contributed by atoms with Gasteiger partial charge in [0.05, 0.1) is 44.4 Å². The van der Waals surface area contributed by atoms with Crippen molar-refractivity contribution in [2.24, 2.45) is 10.9 Å². The van der Waals surface area contributed by atoms with Gasteiger partial charge in [0.1, 0.15) is 28.3 Å². The van der Waals surface area contributed by atoms with Gasteiger partial charge in [0.25, 0.3) is 0 Å². The van der Waals surface area contributed by atoms with Crippen LogP contribution in [-0.4, -0.2) is 59.4 Å². The van der Waals surface area contributed by atoms with Crippen molar-refractivity contribution in [3.63, 3.8) is 0 Å². The van der Waals surface area contributed by atoms with E-state index in [-0.39, 0.29) is 17.4 Å². The summed E-state index contributed by atoms with van der Waals surface area (Å²) in [7, 11) is 1.68. The molecule has 2 saturated heterocycles. The number of rotatable bonds is 4. The van der Waals surface area contributed by atoms with Crippen LogP contribution < -0.4 is 10.1 Å². The number of aliphatic imine (C=N–C) groups is 1. The third kappa shape index (κ3) is 3.06. The number of carbonyl (C=O) groups is 1. The topological polar surface area (TPSA) is 88.9 Å². The molecule has 0 saturated carbocycles. The minimum atomic E-state index is -0.0201. The summed E-state index contributed by atoms with van der Waals surface area (Å²) in [6.07, 6.45) is 7.08. The molecule has 34 heavy (non-hydrogen) atoms. The van der Waals surface area contributed by atoms with E-state index in [0.29, 0.717) is 6.54 Å². The van der Waals surface area contributed by atoms with Crippen molar-refractivity contribution in [2.45, 2.75) is 37.8 Å². The Morgan fingerprint density at radius 2 is 2.21 bits per heavy atom. The number of thiophene rings is 1. The normalized spacial score (nSPS) is 21.7. The van der Waals surface area contributed by atoms with Gasteiger partial charge >= 0.3 is 0 Å². The van der Waals surface area contributed by atoms with E-state index < -0.39 is 0 Å². The average Bonchev–Trinajstić information content (AvgIpc) is 3.40. The van der Waals surface area contributed by atoms with Crippen molar-refractivity contribution in [1.29, 1.82) is 0 Å². The maximum absolute atomic E-state index is 13.1. The molecule has 1 spiro atoms. The van der Waals surface area contributed by atoms with Crippen LogP contribution >= 0.6 is 11.3 Å². The van der Waals surface area contributed by atoms with E-state index in [1.807, 2.05) is 17.2 Å². The molecule has 9 heteroatoms. The number of carbonyl (C=O) groups excluding carboxylic acids is 1. The van der Waals surface area contributed by atoms with Gasteiger partial charge in [-0.1, -0.05) is 0 Å². The maximum Gasteiger partial charge on any atom is 0.226 e. The Kier molecular flexibility index (Phi) is 4.48. The van der Waals surface area contributed by atoms with Crippen molar-refractivity contribution >= 4 is 45.2 Å². The molecule has 3 aliphatic heterocycles. The molecule has 8 nitrogen and oxygen atoms in total. The highest BCUT2D eigenvalue weighted by atomic mass is 32.1. The molecule has 0 bridgehead atoms. The van der Waals surface area contributed by atoms with Gasteiger partial charge in [0.2, 0.25) is 5.91 Å². The van der Waals surface area contributed by atoms with E-state index in [1.54, 1.807) is 24.8 Å². The highest BCUT2D eigenvalue weighted by Crippen LogP contribution is 2.43. The summed E-state index contributed by atoms with van der Waals surface area (Å²) in [5.41, 5.74) is 4.38. The van der Waals surface area contributed by atoms with E-state index in [4.69, 9.17) is 9.47 Å². The number of nitrogens with zero attached hydrogens (tertiary/aromatic N) is 4. The summed E-state index contributed by atoms with van der Waals surface area (Å²) in [4.78, 5) is 30.8. The standard InChI is InChI=1S/C25H25N5O3S/c1-32-19-7-16-10-26-9-15(16)6-18(19)29-22-21-17-3-2-14(8-20(17)34-23(21)28-13-27-22)24(31)30-11-25(12-30)4-5-33-25/h6-7,9,13-14H,2-5,8,10-12H2,1H3,(H,27,28,29). The van der Waals surface area contributed by atoms with E-state index in [1.165, 1.54) is 10.4 Å². The lowest BCUT2D eigenvalue weighted by molar-refractivity contribution is -0.223. The number of benzene rings is 1. The summed E-state index contributed by atoms with van der Waals surface area (Å²) >= 11 is 1.69. The SMILES string of the molecule is COc1cc2c(cc1Nc1ncnc3sc4c(c13)CCC(C(=O)N1CC3(CCO3)C1)C4)C=NC2. The van der Waals surface area contributed by atoms with Gasteiger partial charge in [-0.2, -0.15) is 0 Å². The molecule has 3 aromatic rings. The van der Waals surface area contributed by atoms with Crippen LogP contribution in [0.1, 0.15) is 34.4 Å². The predicted octanol–water partition coefficient (Wildman–Crippen LogP) is 3.48. The van der Waals surface area contributed by atoms with Crippen molar-refractivity contribution in [1.82, 2.24) is 14.9 Å². The molecular weight excluding hydrogens is 450 g/mol. The lowest BCUT2D eigenvalue weighted by Crippen LogP contribution is -2.70. The first-order valence-corrected chi connectivity index (χ1v) is 12.6. The smallest absolute Gasteiger partial charge is 0.226 e. The summed E-state index contributed by atoms with van der Waals surface area (Å²) in [6, 6.07) is 4.11. The average molecular weight is 476 g/mol. The van der Waals surface area contributed by atoms with Gasteiger partial charge in [0.15, 0.2) is 0 Å². The number of amides is 1. The van der Waals surface area contributed by atoms with Gasteiger partial charge in [-0.3, -0.25) is 9.79 Å². The van der Waals surface area contributed by atoms with Crippen molar-refractivity contribution in [2.75, 3.05) is 32.1 Å². The molecule has 1 atom stereocenters. The van der Waals surface area contributed by atoms with Gasteiger partial charge in [0, 0.05) is 23.4 Å². The van der Waals surface area contributed by atoms with Gasteiger partial charge < -0.3 is 19.7 Å². The third-order valence-corrected chi connectivity index (χ3v) is 8.80. The van der Waals surface area contributed by atoms with Crippen molar-refractivity contribution in [3.05, 3.63) is 40.0 Å². The highest BCUT2D eigenvalue weighted by molar-refractivity contribution is 7.19. The summed E-state index contributed by atoms with van der Waals surface area (Å²) in [6.45, 7) is 3.04. The first-order chi connectivity index (χ1) is 16.6. The number of aryl methyl sites for hydroxylation is 1. The Labute approximate surface area is 201 Å². The second-order valence-corrected chi connectivity index (χ2v) is 10.8. The fourth-order valence-electron chi connectivity index (χ4n) is 5.65. The zero-order valence-corrected chi connectivity index (χ0v) is 19.8. The molecule has 1 N–H and O–H groups in total. The molecule has 1 amide bonds. The summed E-state index contributed by atoms with van der Waals surface area (Å²) in [5, 5.41) is 4.57. The summed E-state index contributed by atoms with van der Waals surface area (Å²) in [5.74, 6) is 1.87. The fraction of sp³-hybridized carbons (Fsp3) is 0.440. The Morgan fingerprint density at radius 3 is 3.00 bits per heavy atom. The molecule has 2 fully saturated rings. The first kappa shape index (κ1) is 20.3. The Morgan fingerprint density at radius 1 is 1.32 bits per heavy atom. The minimum Gasteiger partial charge on any atom is -0.495 e. The zero-order valence-electron chi connectivity index (χ0n) is 19.0. The lowest BCUT2D eigenvalue weighted by atomic mass is 9.82. The molecule has 1 aromatic carbocycles. The van der Waals surface area contributed by atoms with Crippen LogP contribution in [0.5, 0.6) is 5.75 Å². The van der Waals surface area contributed by atoms with E-state index in [2.05, 4.69) is 26.3 Å². The quantitative estimate of drug-likeness (QED) is 0.622. The number of methoxy groups -OCH3 is 1. The third-order valence-electron chi connectivity index (χ3n) is 7.64. The van der Waals surface area contributed by atoms with Gasteiger partial charge in [-0.15, -0.1) is 11.3 Å². The summed E-state index contributed by atoms with van der Waals surface area (Å²) < 4.78 is 11.3. The van der Waals surface area contributed by atoms with Crippen LogP contribution in [0, 0.1) is 5.92 Å². The van der Waals surface area contributed by atoms with Crippen LogP contribution in [0.15, 0.2) is 23.5 Å². The number of hydrogen-bond donors (Lipinski definition) is 1. The van der Waals surface area contributed by atoms with E-state index in [0.717, 1.165) is 84.0 Å². The molecule has 0 radical (unpaired) electrons. The van der Waals surface area contributed by atoms with E-state index >= 15 is 0 Å². The first-order valence-electron chi connectivity index (χ1n) is 11.8. The molecule has 1 unspecified atom stereocenters. The van der Waals surface area contributed by atoms with Crippen molar-refractivity contribution in [3.8, 4) is 5.75 Å². The number of aromatic nitrogens is 2. The zero-order chi connectivity index (χ0) is 22.9. The number of ether oxygens (including phenoxy) is 2. The minimum absolute atomic E-state index is 0.0201. The monoisotopic (exact) mass is 475 g/mol. The van der Waals surface area contributed by atoms with Crippen molar-refractivity contribution < 1.29 is 14.3 Å². The van der Waals surface area contributed by atoms with Gasteiger partial charge in [-0.25, -0.2) is 9.97 Å². The Hall–Kier alpha value is -3.04. The molecule has 1 aliphatic carbocycles. The molecule has 4 aliphatic rings. The Bertz CT molecular complexity index is 1350.